The van der Waals surface area contributed by atoms with Gasteiger partial charge in [-0.3, -0.25) is 4.79 Å². The Hall–Kier alpha value is -1.35. The van der Waals surface area contributed by atoms with E-state index in [9.17, 15) is 4.79 Å². The predicted molar refractivity (Wildman–Crippen MR) is 68.8 cm³/mol. The number of nitrogens with one attached hydrogen (secondary N) is 1. The highest BCUT2D eigenvalue weighted by molar-refractivity contribution is 5.83. The highest BCUT2D eigenvalue weighted by atomic mass is 16.3. The van der Waals surface area contributed by atoms with E-state index < -0.39 is 0 Å². The number of carbonyl (C=O) groups excluding carboxylic acids is 1. The van der Waals surface area contributed by atoms with E-state index in [1.807, 2.05) is 44.2 Å². The van der Waals surface area contributed by atoms with Crippen LogP contribution in [-0.2, 0) is 4.79 Å². The van der Waals surface area contributed by atoms with Gasteiger partial charge in [0.05, 0.1) is 18.6 Å². The Morgan fingerprint density at radius 2 is 1.88 bits per heavy atom. The van der Waals surface area contributed by atoms with E-state index in [0.717, 1.165) is 18.4 Å². The molecule has 94 valence electrons. The van der Waals surface area contributed by atoms with E-state index in [0.29, 0.717) is 0 Å². The molecule has 0 saturated carbocycles. The number of hydrogen-bond donors (Lipinski definition) is 2. The second kappa shape index (κ2) is 7.07. The lowest BCUT2D eigenvalue weighted by Crippen LogP contribution is -2.39. The summed E-state index contributed by atoms with van der Waals surface area (Å²) in [5.74, 6) is -0.128. The molecule has 0 fully saturated rings. The van der Waals surface area contributed by atoms with Crippen molar-refractivity contribution in [2.24, 2.45) is 0 Å². The fourth-order valence-electron chi connectivity index (χ4n) is 1.84. The second-order valence-corrected chi connectivity index (χ2v) is 4.17. The summed E-state index contributed by atoms with van der Waals surface area (Å²) >= 11 is 0. The van der Waals surface area contributed by atoms with Crippen LogP contribution in [0.1, 0.15) is 38.2 Å². The number of carbonyl (C=O) groups is 1. The number of aliphatic hydroxyl groups excluding tert-OH is 1. The smallest absolute Gasteiger partial charge is 0.227 e. The molecule has 0 heterocycles. The average molecular weight is 235 g/mol. The molecule has 0 aliphatic carbocycles. The predicted octanol–water partition coefficient (Wildman–Crippen LogP) is 2.07. The van der Waals surface area contributed by atoms with E-state index in [4.69, 9.17) is 5.11 Å². The number of rotatable bonds is 6. The lowest BCUT2D eigenvalue weighted by atomic mass is 9.95. The Kier molecular flexibility index (Phi) is 5.70. The van der Waals surface area contributed by atoms with Crippen molar-refractivity contribution in [1.29, 1.82) is 0 Å². The summed E-state index contributed by atoms with van der Waals surface area (Å²) in [5, 5.41) is 12.0. The zero-order chi connectivity index (χ0) is 12.7. The van der Waals surface area contributed by atoms with Crippen LogP contribution in [0.4, 0.5) is 0 Å². The van der Waals surface area contributed by atoms with E-state index in [-0.39, 0.29) is 24.5 Å². The molecule has 1 aromatic carbocycles. The number of amides is 1. The molecule has 17 heavy (non-hydrogen) atoms. The molecule has 3 heteroatoms. The zero-order valence-electron chi connectivity index (χ0n) is 10.5. The molecule has 1 aromatic rings. The van der Waals surface area contributed by atoms with Gasteiger partial charge in [0.25, 0.3) is 0 Å². The topological polar surface area (TPSA) is 49.3 Å². The quantitative estimate of drug-likeness (QED) is 0.793. The summed E-state index contributed by atoms with van der Waals surface area (Å²) in [6.07, 6.45) is 1.51. The molecule has 0 aliphatic rings. The molecule has 1 rings (SSSR count). The summed E-state index contributed by atoms with van der Waals surface area (Å²) in [7, 11) is 0. The molecule has 1 amide bonds. The van der Waals surface area contributed by atoms with Gasteiger partial charge >= 0.3 is 0 Å². The van der Waals surface area contributed by atoms with Crippen LogP contribution in [-0.4, -0.2) is 23.7 Å². The molecule has 2 atom stereocenters. The Morgan fingerprint density at radius 1 is 1.24 bits per heavy atom. The normalized spacial score (nSPS) is 14.1. The maximum Gasteiger partial charge on any atom is 0.227 e. The van der Waals surface area contributed by atoms with E-state index >= 15 is 0 Å². The highest BCUT2D eigenvalue weighted by Gasteiger charge is 2.20. The monoisotopic (exact) mass is 235 g/mol. The van der Waals surface area contributed by atoms with Crippen LogP contribution >= 0.6 is 0 Å². The van der Waals surface area contributed by atoms with Crippen LogP contribution in [0.2, 0.25) is 0 Å². The third kappa shape index (κ3) is 3.86. The van der Waals surface area contributed by atoms with Crippen LogP contribution in [0, 0.1) is 0 Å². The highest BCUT2D eigenvalue weighted by Crippen LogP contribution is 2.19. The molecule has 3 nitrogen and oxygen atoms in total. The lowest BCUT2D eigenvalue weighted by Gasteiger charge is -2.19. The molecule has 0 radical (unpaired) electrons. The van der Waals surface area contributed by atoms with Crippen LogP contribution in [0.3, 0.4) is 0 Å². The molecule has 0 saturated heterocycles. The minimum atomic E-state index is -0.139. The lowest BCUT2D eigenvalue weighted by molar-refractivity contribution is -0.123. The van der Waals surface area contributed by atoms with Gasteiger partial charge in [0.1, 0.15) is 0 Å². The molecular weight excluding hydrogens is 214 g/mol. The van der Waals surface area contributed by atoms with Gasteiger partial charge in [0.15, 0.2) is 0 Å². The van der Waals surface area contributed by atoms with Gasteiger partial charge in [-0.2, -0.15) is 0 Å². The third-order valence-electron chi connectivity index (χ3n) is 2.99. The van der Waals surface area contributed by atoms with Crippen molar-refractivity contribution in [3.63, 3.8) is 0 Å². The molecule has 0 bridgehead atoms. The van der Waals surface area contributed by atoms with Crippen molar-refractivity contribution in [3.05, 3.63) is 35.9 Å². The van der Waals surface area contributed by atoms with Gasteiger partial charge in [-0.15, -0.1) is 0 Å². The van der Waals surface area contributed by atoms with E-state index in [2.05, 4.69) is 5.32 Å². The van der Waals surface area contributed by atoms with Gasteiger partial charge in [0.2, 0.25) is 5.91 Å². The molecular formula is C14H21NO2. The number of benzene rings is 1. The fraction of sp³-hybridized carbons (Fsp3) is 0.500. The first-order chi connectivity index (χ1) is 8.22. The SMILES string of the molecule is CCC(C(=O)N[C@H](CC)CO)c1ccccc1. The summed E-state index contributed by atoms with van der Waals surface area (Å²) in [5.41, 5.74) is 1.03. The molecule has 0 spiro atoms. The van der Waals surface area contributed by atoms with Crippen LogP contribution in [0.25, 0.3) is 0 Å². The van der Waals surface area contributed by atoms with Crippen molar-refractivity contribution in [2.45, 2.75) is 38.6 Å². The summed E-state index contributed by atoms with van der Waals surface area (Å²) < 4.78 is 0. The van der Waals surface area contributed by atoms with Crippen molar-refractivity contribution in [1.82, 2.24) is 5.32 Å². The molecule has 1 unspecified atom stereocenters. The standard InChI is InChI=1S/C14H21NO2/c1-3-12(10-16)15-14(17)13(4-2)11-8-6-5-7-9-11/h5-9,12-13,16H,3-4,10H2,1-2H3,(H,15,17)/t12-,13?/m1/s1. The largest absolute Gasteiger partial charge is 0.394 e. The first kappa shape index (κ1) is 13.7. The van der Waals surface area contributed by atoms with Crippen molar-refractivity contribution >= 4 is 5.91 Å². The second-order valence-electron chi connectivity index (χ2n) is 4.17. The molecule has 2 N–H and O–H groups in total. The molecule has 0 aromatic heterocycles. The first-order valence-corrected chi connectivity index (χ1v) is 6.19. The minimum Gasteiger partial charge on any atom is -0.394 e. The first-order valence-electron chi connectivity index (χ1n) is 6.19. The van der Waals surface area contributed by atoms with Crippen LogP contribution in [0.15, 0.2) is 30.3 Å². The minimum absolute atomic E-state index is 0.000370. The van der Waals surface area contributed by atoms with Crippen molar-refractivity contribution < 1.29 is 9.90 Å². The maximum atomic E-state index is 12.1. The number of aliphatic hydroxyl groups is 1. The van der Waals surface area contributed by atoms with Gasteiger partial charge in [-0.25, -0.2) is 0 Å². The Balaban J connectivity index is 2.71. The van der Waals surface area contributed by atoms with Gasteiger partial charge in [0, 0.05) is 0 Å². The van der Waals surface area contributed by atoms with E-state index in [1.54, 1.807) is 0 Å². The van der Waals surface area contributed by atoms with Gasteiger partial charge in [-0.1, -0.05) is 44.2 Å². The van der Waals surface area contributed by atoms with Crippen molar-refractivity contribution in [2.75, 3.05) is 6.61 Å². The number of hydrogen-bond acceptors (Lipinski definition) is 2. The Bertz CT molecular complexity index is 333. The third-order valence-corrected chi connectivity index (χ3v) is 2.99. The van der Waals surface area contributed by atoms with Crippen LogP contribution in [0.5, 0.6) is 0 Å². The average Bonchev–Trinajstić information content (AvgIpc) is 2.38. The summed E-state index contributed by atoms with van der Waals surface area (Å²) in [6.45, 7) is 3.94. The zero-order valence-corrected chi connectivity index (χ0v) is 10.5. The van der Waals surface area contributed by atoms with Crippen LogP contribution < -0.4 is 5.32 Å². The Morgan fingerprint density at radius 3 is 2.35 bits per heavy atom. The van der Waals surface area contributed by atoms with Gasteiger partial charge in [-0.05, 0) is 18.4 Å². The van der Waals surface area contributed by atoms with Gasteiger partial charge < -0.3 is 10.4 Å². The summed E-state index contributed by atoms with van der Waals surface area (Å²) in [4.78, 5) is 12.1. The fourth-order valence-corrected chi connectivity index (χ4v) is 1.84. The molecule has 0 aliphatic heterocycles. The summed E-state index contributed by atoms with van der Waals surface area (Å²) in [6, 6.07) is 9.61. The van der Waals surface area contributed by atoms with E-state index in [1.165, 1.54) is 0 Å². The Labute approximate surface area is 103 Å². The maximum absolute atomic E-state index is 12.1. The van der Waals surface area contributed by atoms with Crippen molar-refractivity contribution in [3.8, 4) is 0 Å².